The van der Waals surface area contributed by atoms with Gasteiger partial charge in [-0.2, -0.15) is 0 Å². The van der Waals surface area contributed by atoms with Crippen LogP contribution in [0.25, 0.3) is 11.2 Å². The Labute approximate surface area is 118 Å². The summed E-state index contributed by atoms with van der Waals surface area (Å²) in [6.45, 7) is 9.80. The van der Waals surface area contributed by atoms with Crippen molar-refractivity contribution in [1.29, 1.82) is 0 Å². The predicted molar refractivity (Wildman–Crippen MR) is 77.9 cm³/mol. The summed E-state index contributed by atoms with van der Waals surface area (Å²) in [6, 6.07) is 1.30. The lowest BCUT2D eigenvalue weighted by Crippen LogP contribution is -2.26. The molecule has 2 rings (SSSR count). The van der Waals surface area contributed by atoms with Crippen molar-refractivity contribution in [3.8, 4) is 0 Å². The average molecular weight is 275 g/mol. The van der Waals surface area contributed by atoms with Crippen LogP contribution in [0.5, 0.6) is 0 Å². The summed E-state index contributed by atoms with van der Waals surface area (Å²) in [7, 11) is 0. The molecule has 2 aromatic heterocycles. The molecule has 1 atom stereocenters. The van der Waals surface area contributed by atoms with Crippen molar-refractivity contribution in [2.45, 2.75) is 46.6 Å². The number of carboxylic acid groups (broad SMARTS) is 1. The molecule has 0 saturated carbocycles. The molecule has 0 saturated heterocycles. The first-order valence-electron chi connectivity index (χ1n) is 6.90. The number of aromatic nitrogens is 3. The summed E-state index contributed by atoms with van der Waals surface area (Å²) in [4.78, 5) is 20.7. The molecule has 2 aromatic rings. The van der Waals surface area contributed by atoms with Crippen LogP contribution in [0.1, 0.15) is 51.0 Å². The lowest BCUT2D eigenvalue weighted by molar-refractivity contribution is -0.142. The Morgan fingerprint density at radius 2 is 1.95 bits per heavy atom. The molecular weight excluding hydrogens is 254 g/mol. The number of fused-ring (bicyclic) bond motifs is 1. The fraction of sp³-hybridized carbons (Fsp3) is 0.533. The van der Waals surface area contributed by atoms with Gasteiger partial charge in [-0.3, -0.25) is 4.57 Å². The Morgan fingerprint density at radius 1 is 1.30 bits per heavy atom. The van der Waals surface area contributed by atoms with Gasteiger partial charge >= 0.3 is 5.97 Å². The number of carbonyl (C=O) groups is 1. The van der Waals surface area contributed by atoms with Crippen LogP contribution >= 0.6 is 0 Å². The molecule has 0 aromatic carbocycles. The van der Waals surface area contributed by atoms with E-state index in [1.165, 1.54) is 0 Å². The maximum atomic E-state index is 11.6. The lowest BCUT2D eigenvalue weighted by atomic mass is 10.0. The van der Waals surface area contributed by atoms with Crippen molar-refractivity contribution in [1.82, 2.24) is 14.5 Å². The van der Waals surface area contributed by atoms with Gasteiger partial charge in [0.05, 0.1) is 0 Å². The first kappa shape index (κ1) is 14.5. The minimum atomic E-state index is -0.844. The fourth-order valence-electron chi connectivity index (χ4n) is 2.48. The summed E-state index contributed by atoms with van der Waals surface area (Å²) in [5.41, 5.74) is 2.44. The number of hydrogen-bond acceptors (Lipinski definition) is 3. The second-order valence-corrected chi connectivity index (χ2v) is 5.88. The number of rotatable bonds is 4. The van der Waals surface area contributed by atoms with Crippen molar-refractivity contribution in [2.24, 2.45) is 5.92 Å². The predicted octanol–water partition coefficient (Wildman–Crippen LogP) is 3.14. The maximum Gasteiger partial charge on any atom is 0.327 e. The fourth-order valence-corrected chi connectivity index (χ4v) is 2.48. The van der Waals surface area contributed by atoms with E-state index < -0.39 is 12.0 Å². The zero-order valence-corrected chi connectivity index (χ0v) is 12.6. The molecule has 2 heterocycles. The highest BCUT2D eigenvalue weighted by molar-refractivity contribution is 5.78. The molecule has 0 aliphatic heterocycles. The van der Waals surface area contributed by atoms with Gasteiger partial charge in [0.25, 0.3) is 0 Å². The standard InChI is InChI=1S/C15H21N3O2/c1-8(2)12(15(19)20)18-13(9(3)4)17-11-6-10(5)7-16-14(11)18/h6-9,12H,1-5H3,(H,19,20). The number of pyridine rings is 1. The lowest BCUT2D eigenvalue weighted by Gasteiger charge is -2.21. The quantitative estimate of drug-likeness (QED) is 0.930. The van der Waals surface area contributed by atoms with Crippen LogP contribution in [0.2, 0.25) is 0 Å². The van der Waals surface area contributed by atoms with Gasteiger partial charge in [-0.1, -0.05) is 27.7 Å². The topological polar surface area (TPSA) is 68.0 Å². The molecule has 1 unspecified atom stereocenters. The smallest absolute Gasteiger partial charge is 0.327 e. The SMILES string of the molecule is Cc1cnc2c(c1)nc(C(C)C)n2C(C(=O)O)C(C)C. The van der Waals surface area contributed by atoms with Gasteiger partial charge in [0.1, 0.15) is 17.4 Å². The molecule has 5 heteroatoms. The van der Waals surface area contributed by atoms with E-state index in [-0.39, 0.29) is 11.8 Å². The molecule has 0 amide bonds. The first-order valence-corrected chi connectivity index (χ1v) is 6.90. The van der Waals surface area contributed by atoms with Crippen LogP contribution in [0, 0.1) is 12.8 Å². The minimum Gasteiger partial charge on any atom is -0.480 e. The van der Waals surface area contributed by atoms with Gasteiger partial charge in [-0.25, -0.2) is 14.8 Å². The van der Waals surface area contributed by atoms with Crippen LogP contribution in [0.4, 0.5) is 0 Å². The van der Waals surface area contributed by atoms with Crippen molar-refractivity contribution in [3.63, 3.8) is 0 Å². The monoisotopic (exact) mass is 275 g/mol. The molecule has 0 radical (unpaired) electrons. The van der Waals surface area contributed by atoms with E-state index in [4.69, 9.17) is 0 Å². The van der Waals surface area contributed by atoms with Gasteiger partial charge in [-0.15, -0.1) is 0 Å². The summed E-state index contributed by atoms with van der Waals surface area (Å²) in [5.74, 6) is 0.0402. The zero-order chi connectivity index (χ0) is 15.0. The number of carboxylic acids is 1. The number of imidazole rings is 1. The van der Waals surface area contributed by atoms with E-state index in [2.05, 4.69) is 9.97 Å². The number of hydrogen-bond donors (Lipinski definition) is 1. The van der Waals surface area contributed by atoms with Crippen LogP contribution in [0.3, 0.4) is 0 Å². The number of aliphatic carboxylic acids is 1. The normalized spacial score (nSPS) is 13.3. The third-order valence-electron chi connectivity index (χ3n) is 3.37. The van der Waals surface area contributed by atoms with E-state index in [0.29, 0.717) is 5.65 Å². The van der Waals surface area contributed by atoms with Gasteiger partial charge in [0.2, 0.25) is 0 Å². The summed E-state index contributed by atoms with van der Waals surface area (Å²) in [6.07, 6.45) is 1.75. The highest BCUT2D eigenvalue weighted by atomic mass is 16.4. The van der Waals surface area contributed by atoms with Crippen LogP contribution in [0.15, 0.2) is 12.3 Å². The molecule has 20 heavy (non-hydrogen) atoms. The molecule has 108 valence electrons. The average Bonchev–Trinajstić information content (AvgIpc) is 2.67. The van der Waals surface area contributed by atoms with E-state index in [0.717, 1.165) is 16.9 Å². The van der Waals surface area contributed by atoms with Crippen molar-refractivity contribution >= 4 is 17.1 Å². The third kappa shape index (κ3) is 2.40. The highest BCUT2D eigenvalue weighted by Crippen LogP contribution is 2.29. The summed E-state index contributed by atoms with van der Waals surface area (Å²) in [5, 5.41) is 9.56. The maximum absolute atomic E-state index is 11.6. The zero-order valence-electron chi connectivity index (χ0n) is 12.6. The van der Waals surface area contributed by atoms with E-state index in [1.54, 1.807) is 10.8 Å². The third-order valence-corrected chi connectivity index (χ3v) is 3.37. The van der Waals surface area contributed by atoms with Gasteiger partial charge in [0.15, 0.2) is 5.65 Å². The van der Waals surface area contributed by atoms with Crippen molar-refractivity contribution in [2.75, 3.05) is 0 Å². The number of nitrogens with zero attached hydrogens (tertiary/aromatic N) is 3. The van der Waals surface area contributed by atoms with E-state index >= 15 is 0 Å². The van der Waals surface area contributed by atoms with Gasteiger partial charge < -0.3 is 5.11 Å². The van der Waals surface area contributed by atoms with Crippen molar-refractivity contribution in [3.05, 3.63) is 23.7 Å². The summed E-state index contributed by atoms with van der Waals surface area (Å²) < 4.78 is 1.78. The van der Waals surface area contributed by atoms with E-state index in [9.17, 15) is 9.90 Å². The molecule has 1 N–H and O–H groups in total. The molecule has 0 aliphatic rings. The largest absolute Gasteiger partial charge is 0.480 e. The summed E-state index contributed by atoms with van der Waals surface area (Å²) >= 11 is 0. The molecule has 5 nitrogen and oxygen atoms in total. The van der Waals surface area contributed by atoms with E-state index in [1.807, 2.05) is 40.7 Å². The van der Waals surface area contributed by atoms with Crippen LogP contribution in [-0.4, -0.2) is 25.6 Å². The molecule has 0 bridgehead atoms. The Hall–Kier alpha value is -1.91. The Morgan fingerprint density at radius 3 is 2.45 bits per heavy atom. The Kier molecular flexibility index (Phi) is 3.79. The Bertz CT molecular complexity index is 644. The molecule has 0 spiro atoms. The second kappa shape index (κ2) is 5.23. The minimum absolute atomic E-state index is 0.0366. The van der Waals surface area contributed by atoms with Gasteiger partial charge in [0, 0.05) is 12.1 Å². The highest BCUT2D eigenvalue weighted by Gasteiger charge is 2.29. The molecular formula is C15H21N3O2. The van der Waals surface area contributed by atoms with Crippen LogP contribution < -0.4 is 0 Å². The van der Waals surface area contributed by atoms with Crippen molar-refractivity contribution < 1.29 is 9.90 Å². The Balaban J connectivity index is 2.77. The molecule has 0 aliphatic carbocycles. The first-order chi connectivity index (χ1) is 9.32. The molecule has 0 fully saturated rings. The van der Waals surface area contributed by atoms with Gasteiger partial charge in [-0.05, 0) is 24.5 Å². The number of aryl methyl sites for hydroxylation is 1. The van der Waals surface area contributed by atoms with Crippen LogP contribution in [-0.2, 0) is 4.79 Å². The second-order valence-electron chi connectivity index (χ2n) is 5.88.